The van der Waals surface area contributed by atoms with Crippen molar-refractivity contribution < 1.29 is 0 Å². The molecule has 0 N–H and O–H groups in total. The van der Waals surface area contributed by atoms with E-state index in [0.717, 1.165) is 5.25 Å². The molecule has 0 aromatic rings. The Morgan fingerprint density at radius 2 is 1.62 bits per heavy atom. The molecule has 0 nitrogen and oxygen atoms in total. The molecule has 0 saturated heterocycles. The van der Waals surface area contributed by atoms with Gasteiger partial charge in [-0.2, -0.15) is 23.5 Å². The van der Waals surface area contributed by atoms with Crippen LogP contribution < -0.4 is 0 Å². The minimum Gasteiger partial charge on any atom is -0.161 e. The minimum atomic E-state index is 0.500. The highest BCUT2D eigenvalue weighted by molar-refractivity contribution is 8.03. The minimum absolute atomic E-state index is 0.500. The average Bonchev–Trinajstić information content (AvgIpc) is 2.20. The van der Waals surface area contributed by atoms with Crippen LogP contribution in [-0.4, -0.2) is 22.5 Å². The van der Waals surface area contributed by atoms with Gasteiger partial charge in [-0.1, -0.05) is 34.6 Å². The van der Waals surface area contributed by atoms with Gasteiger partial charge in [0.1, 0.15) is 0 Å². The predicted octanol–water partition coefficient (Wildman–Crippen LogP) is 5.47. The van der Waals surface area contributed by atoms with Gasteiger partial charge < -0.3 is 0 Å². The van der Waals surface area contributed by atoms with Gasteiger partial charge in [0.2, 0.25) is 0 Å². The van der Waals surface area contributed by atoms with Gasteiger partial charge in [-0.3, -0.25) is 0 Å². The summed E-state index contributed by atoms with van der Waals surface area (Å²) in [7, 11) is 0. The van der Waals surface area contributed by atoms with Gasteiger partial charge in [0.05, 0.1) is 0 Å². The van der Waals surface area contributed by atoms with Gasteiger partial charge >= 0.3 is 0 Å². The smallest absolute Gasteiger partial charge is 0.0138 e. The standard InChI is InChI=1S/C14H30S2/c1-6-10-15-12-13(16-11-7-2)8-9-14(3,4)5/h13H,6-12H2,1-5H3. The number of rotatable bonds is 9. The zero-order chi connectivity index (χ0) is 12.4. The molecule has 0 rings (SSSR count). The van der Waals surface area contributed by atoms with Crippen molar-refractivity contribution in [3.63, 3.8) is 0 Å². The number of hydrogen-bond acceptors (Lipinski definition) is 2. The molecule has 1 unspecified atom stereocenters. The second-order valence-corrected chi connectivity index (χ2v) is 8.23. The molecule has 0 bridgehead atoms. The molecule has 98 valence electrons. The van der Waals surface area contributed by atoms with Crippen LogP contribution in [0, 0.1) is 5.41 Å². The van der Waals surface area contributed by atoms with E-state index in [1.54, 1.807) is 0 Å². The van der Waals surface area contributed by atoms with Crippen LogP contribution in [0.1, 0.15) is 60.3 Å². The van der Waals surface area contributed by atoms with E-state index in [9.17, 15) is 0 Å². The van der Waals surface area contributed by atoms with Crippen molar-refractivity contribution in [2.45, 2.75) is 65.6 Å². The molecule has 2 heteroatoms. The zero-order valence-electron chi connectivity index (χ0n) is 11.8. The highest BCUT2D eigenvalue weighted by atomic mass is 32.2. The van der Waals surface area contributed by atoms with E-state index in [4.69, 9.17) is 0 Å². The van der Waals surface area contributed by atoms with Crippen LogP contribution in [0.3, 0.4) is 0 Å². The third-order valence-electron chi connectivity index (χ3n) is 2.43. The Morgan fingerprint density at radius 1 is 1.00 bits per heavy atom. The number of hydrogen-bond donors (Lipinski definition) is 0. The summed E-state index contributed by atoms with van der Waals surface area (Å²) in [6.07, 6.45) is 5.39. The normalized spacial score (nSPS) is 14.1. The van der Waals surface area contributed by atoms with E-state index in [2.05, 4.69) is 58.1 Å². The first-order valence-electron chi connectivity index (χ1n) is 6.69. The summed E-state index contributed by atoms with van der Waals surface area (Å²) >= 11 is 4.33. The van der Waals surface area contributed by atoms with E-state index in [-0.39, 0.29) is 0 Å². The fourth-order valence-corrected chi connectivity index (χ4v) is 3.86. The SMILES string of the molecule is CCCSCC(CCC(C)(C)C)SCCC. The lowest BCUT2D eigenvalue weighted by molar-refractivity contribution is 0.366. The van der Waals surface area contributed by atoms with Crippen LogP contribution >= 0.6 is 23.5 Å². The molecule has 0 fully saturated rings. The summed E-state index contributed by atoms with van der Waals surface area (Å²) in [6.45, 7) is 11.6. The topological polar surface area (TPSA) is 0 Å². The lowest BCUT2D eigenvalue weighted by Gasteiger charge is -2.22. The maximum atomic E-state index is 2.35. The maximum absolute atomic E-state index is 2.35. The van der Waals surface area contributed by atoms with E-state index in [1.165, 1.54) is 42.9 Å². The Morgan fingerprint density at radius 3 is 2.12 bits per heavy atom. The molecule has 0 aliphatic rings. The molecule has 0 aromatic carbocycles. The molecule has 0 spiro atoms. The fourth-order valence-electron chi connectivity index (χ4n) is 1.45. The summed E-state index contributed by atoms with van der Waals surface area (Å²) in [5.74, 6) is 4.02. The quantitative estimate of drug-likeness (QED) is 0.505. The van der Waals surface area contributed by atoms with E-state index in [1.807, 2.05) is 0 Å². The molecule has 0 heterocycles. The highest BCUT2D eigenvalue weighted by Crippen LogP contribution is 2.28. The van der Waals surface area contributed by atoms with Gasteiger partial charge in [0, 0.05) is 11.0 Å². The zero-order valence-corrected chi connectivity index (χ0v) is 13.5. The van der Waals surface area contributed by atoms with Gasteiger partial charge in [0.25, 0.3) is 0 Å². The van der Waals surface area contributed by atoms with Crippen LogP contribution in [-0.2, 0) is 0 Å². The molecule has 0 amide bonds. The highest BCUT2D eigenvalue weighted by Gasteiger charge is 2.15. The van der Waals surface area contributed by atoms with Gasteiger partial charge in [-0.15, -0.1) is 0 Å². The second-order valence-electron chi connectivity index (χ2n) is 5.67. The monoisotopic (exact) mass is 262 g/mol. The van der Waals surface area contributed by atoms with Crippen molar-refractivity contribution in [3.05, 3.63) is 0 Å². The third-order valence-corrected chi connectivity index (χ3v) is 5.49. The van der Waals surface area contributed by atoms with Crippen molar-refractivity contribution in [1.82, 2.24) is 0 Å². The Bertz CT molecular complexity index is 149. The largest absolute Gasteiger partial charge is 0.161 e. The van der Waals surface area contributed by atoms with Crippen molar-refractivity contribution in [3.8, 4) is 0 Å². The first-order valence-corrected chi connectivity index (χ1v) is 8.89. The van der Waals surface area contributed by atoms with E-state index in [0.29, 0.717) is 5.41 Å². The molecule has 0 aliphatic heterocycles. The van der Waals surface area contributed by atoms with Crippen molar-refractivity contribution >= 4 is 23.5 Å². The van der Waals surface area contributed by atoms with Crippen LogP contribution in [0.15, 0.2) is 0 Å². The van der Waals surface area contributed by atoms with Crippen LogP contribution in [0.4, 0.5) is 0 Å². The molecule has 16 heavy (non-hydrogen) atoms. The Kier molecular flexibility index (Phi) is 10.1. The third kappa shape index (κ3) is 11.2. The summed E-state index contributed by atoms with van der Waals surface area (Å²) in [6, 6.07) is 0. The van der Waals surface area contributed by atoms with Gasteiger partial charge in [-0.05, 0) is 42.6 Å². The predicted molar refractivity (Wildman–Crippen MR) is 82.8 cm³/mol. The summed E-state index contributed by atoms with van der Waals surface area (Å²) in [5, 5.41) is 0.885. The Balaban J connectivity index is 3.80. The maximum Gasteiger partial charge on any atom is 0.0138 e. The fraction of sp³-hybridized carbons (Fsp3) is 1.00. The lowest BCUT2D eigenvalue weighted by atomic mass is 9.90. The van der Waals surface area contributed by atoms with Gasteiger partial charge in [-0.25, -0.2) is 0 Å². The number of thioether (sulfide) groups is 2. The molecular weight excluding hydrogens is 232 g/mol. The first kappa shape index (κ1) is 16.7. The van der Waals surface area contributed by atoms with Crippen molar-refractivity contribution in [2.75, 3.05) is 17.3 Å². The van der Waals surface area contributed by atoms with Crippen LogP contribution in [0.2, 0.25) is 0 Å². The van der Waals surface area contributed by atoms with E-state index >= 15 is 0 Å². The van der Waals surface area contributed by atoms with Gasteiger partial charge in [0.15, 0.2) is 0 Å². The average molecular weight is 263 g/mol. The summed E-state index contributed by atoms with van der Waals surface area (Å²) < 4.78 is 0. The molecule has 0 aliphatic carbocycles. The Labute approximate surface area is 112 Å². The Hall–Kier alpha value is 0.700. The second kappa shape index (κ2) is 9.70. The lowest BCUT2D eigenvalue weighted by Crippen LogP contribution is -2.13. The van der Waals surface area contributed by atoms with Crippen LogP contribution in [0.25, 0.3) is 0 Å². The summed E-state index contributed by atoms with van der Waals surface area (Å²) in [5.41, 5.74) is 0.500. The molecule has 0 radical (unpaired) electrons. The molecule has 0 saturated carbocycles. The van der Waals surface area contributed by atoms with Crippen LogP contribution in [0.5, 0.6) is 0 Å². The molecule has 0 aromatic heterocycles. The molecular formula is C14H30S2. The van der Waals surface area contributed by atoms with Crippen molar-refractivity contribution in [2.24, 2.45) is 5.41 Å². The first-order chi connectivity index (χ1) is 7.49. The van der Waals surface area contributed by atoms with E-state index < -0.39 is 0 Å². The van der Waals surface area contributed by atoms with Crippen molar-refractivity contribution in [1.29, 1.82) is 0 Å². The molecule has 1 atom stereocenters. The summed E-state index contributed by atoms with van der Waals surface area (Å²) in [4.78, 5) is 0.